The van der Waals surface area contributed by atoms with Crippen LogP contribution in [0.1, 0.15) is 0 Å². The standard InChI is InChI=1S/C15H15ClO4/c1-18-9-4-5-11(14(8-9)20-3)12-6-10(19-2)7-13(16)15(12)17/h4-8,17H,1-3H3. The van der Waals surface area contributed by atoms with Crippen LogP contribution in [0.4, 0.5) is 0 Å². The van der Waals surface area contributed by atoms with Crippen molar-refractivity contribution in [3.8, 4) is 34.1 Å². The van der Waals surface area contributed by atoms with Crippen molar-refractivity contribution in [2.45, 2.75) is 0 Å². The van der Waals surface area contributed by atoms with Gasteiger partial charge in [-0.2, -0.15) is 0 Å². The lowest BCUT2D eigenvalue weighted by Gasteiger charge is -2.13. The first kappa shape index (κ1) is 14.3. The first-order valence-corrected chi connectivity index (χ1v) is 6.27. The van der Waals surface area contributed by atoms with Crippen LogP contribution in [0.25, 0.3) is 11.1 Å². The number of hydrogen-bond acceptors (Lipinski definition) is 4. The summed E-state index contributed by atoms with van der Waals surface area (Å²) >= 11 is 6.01. The number of halogens is 1. The molecule has 0 aliphatic rings. The number of phenolic OH excluding ortho intramolecular Hbond substituents is 1. The van der Waals surface area contributed by atoms with Crippen molar-refractivity contribution < 1.29 is 19.3 Å². The Kier molecular flexibility index (Phi) is 4.25. The van der Waals surface area contributed by atoms with Gasteiger partial charge in [-0.1, -0.05) is 11.6 Å². The number of rotatable bonds is 4. The molecule has 5 heteroatoms. The molecule has 2 aromatic carbocycles. The Hall–Kier alpha value is -2.07. The summed E-state index contributed by atoms with van der Waals surface area (Å²) in [6.07, 6.45) is 0. The van der Waals surface area contributed by atoms with E-state index in [0.717, 1.165) is 0 Å². The van der Waals surface area contributed by atoms with Crippen molar-refractivity contribution >= 4 is 11.6 Å². The van der Waals surface area contributed by atoms with E-state index < -0.39 is 0 Å². The smallest absolute Gasteiger partial charge is 0.142 e. The third-order valence-corrected chi connectivity index (χ3v) is 3.26. The van der Waals surface area contributed by atoms with Crippen molar-refractivity contribution in [3.05, 3.63) is 35.4 Å². The zero-order chi connectivity index (χ0) is 14.7. The van der Waals surface area contributed by atoms with Crippen molar-refractivity contribution in [1.29, 1.82) is 0 Å². The van der Waals surface area contributed by atoms with Gasteiger partial charge in [0, 0.05) is 23.3 Å². The van der Waals surface area contributed by atoms with E-state index in [0.29, 0.717) is 28.4 Å². The Balaban J connectivity index is 2.64. The van der Waals surface area contributed by atoms with Gasteiger partial charge in [-0.25, -0.2) is 0 Å². The molecule has 0 atom stereocenters. The Morgan fingerprint density at radius 2 is 1.55 bits per heavy atom. The zero-order valence-electron chi connectivity index (χ0n) is 11.4. The van der Waals surface area contributed by atoms with Gasteiger partial charge in [0.15, 0.2) is 0 Å². The minimum absolute atomic E-state index is 0.0177. The molecule has 0 unspecified atom stereocenters. The van der Waals surface area contributed by atoms with Crippen molar-refractivity contribution in [1.82, 2.24) is 0 Å². The molecule has 0 amide bonds. The van der Waals surface area contributed by atoms with Gasteiger partial charge in [0.2, 0.25) is 0 Å². The summed E-state index contributed by atoms with van der Waals surface area (Å²) in [6.45, 7) is 0. The number of methoxy groups -OCH3 is 3. The molecule has 0 fully saturated rings. The van der Waals surface area contributed by atoms with E-state index in [1.165, 1.54) is 7.11 Å². The zero-order valence-corrected chi connectivity index (χ0v) is 12.2. The van der Waals surface area contributed by atoms with Gasteiger partial charge < -0.3 is 19.3 Å². The molecular weight excluding hydrogens is 280 g/mol. The normalized spacial score (nSPS) is 10.2. The molecule has 0 aliphatic heterocycles. The van der Waals surface area contributed by atoms with E-state index in [1.807, 2.05) is 0 Å². The average Bonchev–Trinajstić information content (AvgIpc) is 2.49. The van der Waals surface area contributed by atoms with Gasteiger partial charge >= 0.3 is 0 Å². The van der Waals surface area contributed by atoms with Gasteiger partial charge in [0.05, 0.1) is 26.4 Å². The van der Waals surface area contributed by atoms with E-state index >= 15 is 0 Å². The fourth-order valence-electron chi connectivity index (χ4n) is 1.92. The lowest BCUT2D eigenvalue weighted by atomic mass is 10.0. The number of ether oxygens (including phenoxy) is 3. The van der Waals surface area contributed by atoms with E-state index in [4.69, 9.17) is 25.8 Å². The molecule has 0 aliphatic carbocycles. The quantitative estimate of drug-likeness (QED) is 0.933. The maximum Gasteiger partial charge on any atom is 0.142 e. The second-order valence-electron chi connectivity index (χ2n) is 4.07. The Morgan fingerprint density at radius 1 is 0.850 bits per heavy atom. The molecule has 2 rings (SSSR count). The molecule has 2 aromatic rings. The van der Waals surface area contributed by atoms with Crippen LogP contribution in [-0.2, 0) is 0 Å². The molecule has 4 nitrogen and oxygen atoms in total. The van der Waals surface area contributed by atoms with Crippen LogP contribution < -0.4 is 14.2 Å². The van der Waals surface area contributed by atoms with Crippen LogP contribution >= 0.6 is 11.6 Å². The molecule has 0 bridgehead atoms. The van der Waals surface area contributed by atoms with Gasteiger partial charge in [-0.3, -0.25) is 0 Å². The van der Waals surface area contributed by atoms with E-state index in [9.17, 15) is 5.11 Å². The predicted octanol–water partition coefficient (Wildman–Crippen LogP) is 3.74. The highest BCUT2D eigenvalue weighted by Crippen LogP contribution is 2.43. The minimum atomic E-state index is -0.0177. The van der Waals surface area contributed by atoms with Gasteiger partial charge in [-0.15, -0.1) is 0 Å². The van der Waals surface area contributed by atoms with Crippen LogP contribution in [-0.4, -0.2) is 26.4 Å². The molecule has 0 heterocycles. The number of phenols is 1. The highest BCUT2D eigenvalue weighted by molar-refractivity contribution is 6.32. The maximum absolute atomic E-state index is 10.1. The second-order valence-corrected chi connectivity index (χ2v) is 4.48. The molecule has 20 heavy (non-hydrogen) atoms. The van der Waals surface area contributed by atoms with Crippen LogP contribution in [0.15, 0.2) is 30.3 Å². The summed E-state index contributed by atoms with van der Waals surface area (Å²) in [5, 5.41) is 10.4. The summed E-state index contributed by atoms with van der Waals surface area (Å²) < 4.78 is 15.7. The van der Waals surface area contributed by atoms with E-state index in [-0.39, 0.29) is 10.8 Å². The van der Waals surface area contributed by atoms with Crippen molar-refractivity contribution in [3.63, 3.8) is 0 Å². The molecule has 106 valence electrons. The van der Waals surface area contributed by atoms with Crippen molar-refractivity contribution in [2.24, 2.45) is 0 Å². The molecule has 0 saturated heterocycles. The first-order chi connectivity index (χ1) is 9.60. The highest BCUT2D eigenvalue weighted by atomic mass is 35.5. The fourth-order valence-corrected chi connectivity index (χ4v) is 2.13. The molecular formula is C15H15ClO4. The van der Waals surface area contributed by atoms with E-state index in [1.54, 1.807) is 44.6 Å². The SMILES string of the molecule is COc1ccc(-c2cc(OC)cc(Cl)c2O)c(OC)c1. The van der Waals surface area contributed by atoms with Gasteiger partial charge in [-0.05, 0) is 18.2 Å². The number of benzene rings is 2. The number of aromatic hydroxyl groups is 1. The van der Waals surface area contributed by atoms with Crippen LogP contribution in [0.3, 0.4) is 0 Å². The third kappa shape index (κ3) is 2.60. The lowest BCUT2D eigenvalue weighted by Crippen LogP contribution is -1.92. The molecule has 0 spiro atoms. The average molecular weight is 295 g/mol. The summed E-state index contributed by atoms with van der Waals surface area (Å²) in [5.41, 5.74) is 1.24. The van der Waals surface area contributed by atoms with Gasteiger partial charge in [0.25, 0.3) is 0 Å². The predicted molar refractivity (Wildman–Crippen MR) is 78.2 cm³/mol. The summed E-state index contributed by atoms with van der Waals surface area (Å²) in [7, 11) is 4.67. The molecule has 0 aromatic heterocycles. The van der Waals surface area contributed by atoms with Crippen molar-refractivity contribution in [2.75, 3.05) is 21.3 Å². The second kappa shape index (κ2) is 5.92. The summed E-state index contributed by atoms with van der Waals surface area (Å²) in [4.78, 5) is 0. The highest BCUT2D eigenvalue weighted by Gasteiger charge is 2.15. The monoisotopic (exact) mass is 294 g/mol. The lowest BCUT2D eigenvalue weighted by molar-refractivity contribution is 0.395. The third-order valence-electron chi connectivity index (χ3n) is 2.97. The Bertz CT molecular complexity index is 626. The summed E-state index contributed by atoms with van der Waals surface area (Å²) in [6, 6.07) is 8.57. The Morgan fingerprint density at radius 3 is 2.15 bits per heavy atom. The number of hydrogen-bond donors (Lipinski definition) is 1. The largest absolute Gasteiger partial charge is 0.506 e. The van der Waals surface area contributed by atoms with Crippen LogP contribution in [0, 0.1) is 0 Å². The first-order valence-electron chi connectivity index (χ1n) is 5.89. The van der Waals surface area contributed by atoms with Crippen LogP contribution in [0.2, 0.25) is 5.02 Å². The van der Waals surface area contributed by atoms with Gasteiger partial charge in [0.1, 0.15) is 23.0 Å². The topological polar surface area (TPSA) is 47.9 Å². The maximum atomic E-state index is 10.1. The Labute approximate surface area is 122 Å². The molecule has 0 saturated carbocycles. The summed E-state index contributed by atoms with van der Waals surface area (Å²) in [5.74, 6) is 1.78. The van der Waals surface area contributed by atoms with E-state index in [2.05, 4.69) is 0 Å². The molecule has 1 N–H and O–H groups in total. The fraction of sp³-hybridized carbons (Fsp3) is 0.200. The molecule has 0 radical (unpaired) electrons. The minimum Gasteiger partial charge on any atom is -0.506 e. The van der Waals surface area contributed by atoms with Crippen LogP contribution in [0.5, 0.6) is 23.0 Å².